The molecule has 2 N–H and O–H groups in total. The second-order valence-corrected chi connectivity index (χ2v) is 4.52. The molecular weight excluding hydrogens is 272 g/mol. The molecule has 0 fully saturated rings. The van der Waals surface area contributed by atoms with E-state index in [4.69, 9.17) is 4.74 Å². The maximum atomic E-state index is 11.7. The number of carbonyl (C=O) groups is 2. The minimum atomic E-state index is -0.522. The fourth-order valence-electron chi connectivity index (χ4n) is 1.91. The van der Waals surface area contributed by atoms with Crippen LogP contribution in [0.4, 0.5) is 0 Å². The molecule has 1 aromatic rings. The molecular formula is C14H16N4O3. The van der Waals surface area contributed by atoms with Gasteiger partial charge in [-0.3, -0.25) is 9.59 Å². The zero-order valence-electron chi connectivity index (χ0n) is 11.8. The summed E-state index contributed by atoms with van der Waals surface area (Å²) in [5.74, 6) is -0.478. The molecule has 1 atom stereocenters. The van der Waals surface area contributed by atoms with Gasteiger partial charge in [0.15, 0.2) is 0 Å². The van der Waals surface area contributed by atoms with E-state index in [1.54, 1.807) is 20.1 Å². The molecule has 2 amide bonds. The summed E-state index contributed by atoms with van der Waals surface area (Å²) in [6, 6.07) is 7.30. The van der Waals surface area contributed by atoms with Gasteiger partial charge in [-0.25, -0.2) is 10.9 Å². The minimum absolute atomic E-state index is 0.0183. The molecule has 0 saturated carbocycles. The second-order valence-electron chi connectivity index (χ2n) is 4.52. The Morgan fingerprint density at radius 1 is 1.52 bits per heavy atom. The van der Waals surface area contributed by atoms with Gasteiger partial charge in [0.1, 0.15) is 5.75 Å². The molecule has 2 rings (SSSR count). The molecule has 1 aliphatic heterocycles. The fourth-order valence-corrected chi connectivity index (χ4v) is 1.91. The van der Waals surface area contributed by atoms with E-state index < -0.39 is 5.92 Å². The number of hydrogen-bond donors (Lipinski definition) is 2. The van der Waals surface area contributed by atoms with Crippen molar-refractivity contribution in [2.45, 2.75) is 13.3 Å². The molecule has 0 saturated heterocycles. The summed E-state index contributed by atoms with van der Waals surface area (Å²) in [6.07, 6.45) is 1.51. The number of para-hydroxylation sites is 1. The summed E-state index contributed by atoms with van der Waals surface area (Å²) in [6.45, 7) is 1.70. The van der Waals surface area contributed by atoms with Crippen molar-refractivity contribution >= 4 is 23.7 Å². The molecule has 7 nitrogen and oxygen atoms in total. The van der Waals surface area contributed by atoms with Gasteiger partial charge in [-0.1, -0.05) is 12.1 Å². The van der Waals surface area contributed by atoms with Crippen LogP contribution in [0.25, 0.3) is 0 Å². The second kappa shape index (κ2) is 6.65. The van der Waals surface area contributed by atoms with Crippen LogP contribution in [0.15, 0.2) is 34.5 Å². The molecule has 7 heteroatoms. The van der Waals surface area contributed by atoms with Crippen LogP contribution in [-0.4, -0.2) is 30.9 Å². The predicted octanol–water partition coefficient (Wildman–Crippen LogP) is 0.657. The van der Waals surface area contributed by atoms with Crippen LogP contribution < -0.4 is 15.6 Å². The molecule has 0 aromatic heterocycles. The number of rotatable bonds is 5. The van der Waals surface area contributed by atoms with Crippen LogP contribution in [0.3, 0.4) is 0 Å². The third-order valence-corrected chi connectivity index (χ3v) is 3.08. The molecule has 1 aromatic carbocycles. The lowest BCUT2D eigenvalue weighted by molar-refractivity contribution is -0.127. The first-order valence-corrected chi connectivity index (χ1v) is 6.40. The minimum Gasteiger partial charge on any atom is -0.496 e. The summed E-state index contributed by atoms with van der Waals surface area (Å²) in [5, 5.41) is 7.65. The Balaban J connectivity index is 1.90. The summed E-state index contributed by atoms with van der Waals surface area (Å²) in [4.78, 5) is 23.2. The highest BCUT2D eigenvalue weighted by Crippen LogP contribution is 2.14. The standard InChI is InChI=1S/C14H16N4O3/c1-9-11(14(20)18-16-9)7-13(19)17-15-8-10-5-3-4-6-12(10)21-2/h3-6,8,11H,7H2,1-2H3,(H,17,19)(H,18,20)/b15-8-/t11-/m0/s1. The number of hydrogen-bond acceptors (Lipinski definition) is 5. The molecule has 1 heterocycles. The highest BCUT2D eigenvalue weighted by Gasteiger charge is 2.28. The van der Waals surface area contributed by atoms with Crippen molar-refractivity contribution in [1.29, 1.82) is 0 Å². The molecule has 0 bridgehead atoms. The molecule has 0 spiro atoms. The van der Waals surface area contributed by atoms with Crippen molar-refractivity contribution in [2.75, 3.05) is 7.11 Å². The van der Waals surface area contributed by atoms with Gasteiger partial charge in [0.05, 0.1) is 19.2 Å². The average molecular weight is 288 g/mol. The number of amides is 2. The first kappa shape index (κ1) is 14.7. The summed E-state index contributed by atoms with van der Waals surface area (Å²) < 4.78 is 5.17. The van der Waals surface area contributed by atoms with Crippen molar-refractivity contribution in [3.05, 3.63) is 29.8 Å². The number of methoxy groups -OCH3 is 1. The molecule has 21 heavy (non-hydrogen) atoms. The van der Waals surface area contributed by atoms with Crippen molar-refractivity contribution in [3.8, 4) is 5.75 Å². The smallest absolute Gasteiger partial charge is 0.249 e. The van der Waals surface area contributed by atoms with Gasteiger partial charge >= 0.3 is 0 Å². The van der Waals surface area contributed by atoms with Gasteiger partial charge in [-0.15, -0.1) is 0 Å². The summed E-state index contributed by atoms with van der Waals surface area (Å²) in [7, 11) is 1.56. The van der Waals surface area contributed by atoms with Gasteiger partial charge in [0, 0.05) is 17.7 Å². The maximum Gasteiger partial charge on any atom is 0.249 e. The van der Waals surface area contributed by atoms with E-state index in [0.29, 0.717) is 11.5 Å². The van der Waals surface area contributed by atoms with Gasteiger partial charge in [0.25, 0.3) is 0 Å². The quantitative estimate of drug-likeness (QED) is 0.615. The maximum absolute atomic E-state index is 11.7. The average Bonchev–Trinajstić information content (AvgIpc) is 2.79. The largest absolute Gasteiger partial charge is 0.496 e. The lowest BCUT2D eigenvalue weighted by Crippen LogP contribution is -2.29. The number of nitrogens with zero attached hydrogens (tertiary/aromatic N) is 2. The van der Waals surface area contributed by atoms with Gasteiger partial charge in [-0.2, -0.15) is 10.2 Å². The van der Waals surface area contributed by atoms with Crippen LogP contribution in [0.5, 0.6) is 5.75 Å². The highest BCUT2D eigenvalue weighted by atomic mass is 16.5. The third-order valence-electron chi connectivity index (χ3n) is 3.08. The lowest BCUT2D eigenvalue weighted by atomic mass is 10.0. The number of benzene rings is 1. The number of hydrazone groups is 2. The summed E-state index contributed by atoms with van der Waals surface area (Å²) >= 11 is 0. The van der Waals surface area contributed by atoms with Gasteiger partial charge in [-0.05, 0) is 19.1 Å². The van der Waals surface area contributed by atoms with E-state index in [0.717, 1.165) is 5.56 Å². The lowest BCUT2D eigenvalue weighted by Gasteiger charge is -2.06. The van der Waals surface area contributed by atoms with E-state index in [-0.39, 0.29) is 18.2 Å². The van der Waals surface area contributed by atoms with E-state index in [9.17, 15) is 9.59 Å². The van der Waals surface area contributed by atoms with Crippen LogP contribution in [0.2, 0.25) is 0 Å². The zero-order valence-corrected chi connectivity index (χ0v) is 11.8. The van der Waals surface area contributed by atoms with Crippen LogP contribution in [0, 0.1) is 5.92 Å². The van der Waals surface area contributed by atoms with Crippen molar-refractivity contribution in [1.82, 2.24) is 10.9 Å². The Bertz CT molecular complexity index is 610. The first-order chi connectivity index (χ1) is 10.1. The monoisotopic (exact) mass is 288 g/mol. The molecule has 110 valence electrons. The van der Waals surface area contributed by atoms with Crippen LogP contribution in [-0.2, 0) is 9.59 Å². The van der Waals surface area contributed by atoms with Crippen LogP contribution in [0.1, 0.15) is 18.9 Å². The molecule has 1 aliphatic rings. The number of ether oxygens (including phenoxy) is 1. The topological polar surface area (TPSA) is 92.1 Å². The Morgan fingerprint density at radius 2 is 2.29 bits per heavy atom. The van der Waals surface area contributed by atoms with E-state index in [2.05, 4.69) is 21.1 Å². The van der Waals surface area contributed by atoms with E-state index >= 15 is 0 Å². The van der Waals surface area contributed by atoms with Gasteiger partial charge < -0.3 is 4.74 Å². The fraction of sp³-hybridized carbons (Fsp3) is 0.286. The Morgan fingerprint density at radius 3 is 2.95 bits per heavy atom. The van der Waals surface area contributed by atoms with Crippen molar-refractivity contribution in [2.24, 2.45) is 16.1 Å². The molecule has 0 unspecified atom stereocenters. The first-order valence-electron chi connectivity index (χ1n) is 6.40. The zero-order chi connectivity index (χ0) is 15.2. The Kier molecular flexibility index (Phi) is 4.65. The van der Waals surface area contributed by atoms with E-state index in [1.165, 1.54) is 6.21 Å². The summed E-state index contributed by atoms with van der Waals surface area (Å²) in [5.41, 5.74) is 6.07. The number of carbonyl (C=O) groups excluding carboxylic acids is 2. The molecule has 0 aliphatic carbocycles. The number of nitrogens with one attached hydrogen (secondary N) is 2. The third kappa shape index (κ3) is 3.65. The van der Waals surface area contributed by atoms with E-state index in [1.807, 2.05) is 18.2 Å². The predicted molar refractivity (Wildman–Crippen MR) is 78.1 cm³/mol. The van der Waals surface area contributed by atoms with Crippen molar-refractivity contribution < 1.29 is 14.3 Å². The highest BCUT2D eigenvalue weighted by molar-refractivity contribution is 6.09. The molecule has 0 radical (unpaired) electrons. The van der Waals surface area contributed by atoms with Crippen molar-refractivity contribution in [3.63, 3.8) is 0 Å². The normalized spacial score (nSPS) is 17.5. The Hall–Kier alpha value is -2.70. The SMILES string of the molecule is COc1ccccc1/C=N\NC(=O)C[C@@H]1C(=O)NN=C1C. The van der Waals surface area contributed by atoms with Crippen LogP contribution >= 0.6 is 0 Å². The van der Waals surface area contributed by atoms with Gasteiger partial charge in [0.2, 0.25) is 11.8 Å². The Labute approximate surface area is 122 Å².